The van der Waals surface area contributed by atoms with Gasteiger partial charge in [0.25, 0.3) is 5.91 Å². The summed E-state index contributed by atoms with van der Waals surface area (Å²) >= 11 is 6.10. The average molecular weight is 348 g/mol. The van der Waals surface area contributed by atoms with E-state index in [1.807, 2.05) is 12.1 Å². The zero-order valence-corrected chi connectivity index (χ0v) is 14.2. The quantitative estimate of drug-likeness (QED) is 0.923. The van der Waals surface area contributed by atoms with E-state index in [0.717, 1.165) is 31.9 Å². The number of nitrogens with zero attached hydrogens (tertiary/aromatic N) is 2. The highest BCUT2D eigenvalue weighted by Crippen LogP contribution is 2.30. The Bertz CT molecular complexity index is 728. The second kappa shape index (κ2) is 7.20. The lowest BCUT2D eigenvalue weighted by atomic mass is 10.1. The summed E-state index contributed by atoms with van der Waals surface area (Å²) in [7, 11) is 2.09. The van der Waals surface area contributed by atoms with Crippen LogP contribution in [0.5, 0.6) is 0 Å². The van der Waals surface area contributed by atoms with Crippen LogP contribution in [-0.2, 0) is 0 Å². The summed E-state index contributed by atoms with van der Waals surface area (Å²) in [5, 5.41) is 3.45. The van der Waals surface area contributed by atoms with Crippen LogP contribution in [0.15, 0.2) is 42.5 Å². The van der Waals surface area contributed by atoms with Gasteiger partial charge in [-0.15, -0.1) is 0 Å². The van der Waals surface area contributed by atoms with Crippen LogP contribution in [0.3, 0.4) is 0 Å². The minimum atomic E-state index is -0.368. The smallest absolute Gasteiger partial charge is 0.255 e. The maximum atomic E-state index is 13.0. The largest absolute Gasteiger partial charge is 0.367 e. The number of carbonyl (C=O) groups excluding carboxylic acids is 1. The molecule has 0 spiro atoms. The standard InChI is InChI=1S/C18H19ClFN3O/c1-22-8-10-23(11-9-22)17-7-4-14(19)12-16(17)21-18(24)13-2-5-15(20)6-3-13/h2-7,12H,8-11H2,1H3,(H,21,24). The first kappa shape index (κ1) is 16.7. The number of nitrogens with one attached hydrogen (secondary N) is 1. The molecule has 0 bridgehead atoms. The van der Waals surface area contributed by atoms with Gasteiger partial charge >= 0.3 is 0 Å². The van der Waals surface area contributed by atoms with Crippen molar-refractivity contribution in [2.45, 2.75) is 0 Å². The van der Waals surface area contributed by atoms with Gasteiger partial charge in [-0.3, -0.25) is 4.79 Å². The molecule has 0 radical (unpaired) electrons. The first-order valence-electron chi connectivity index (χ1n) is 7.83. The van der Waals surface area contributed by atoms with E-state index in [2.05, 4.69) is 22.2 Å². The lowest BCUT2D eigenvalue weighted by Gasteiger charge is -2.35. The fourth-order valence-electron chi connectivity index (χ4n) is 2.73. The average Bonchev–Trinajstić information content (AvgIpc) is 2.57. The van der Waals surface area contributed by atoms with Gasteiger partial charge in [-0.25, -0.2) is 4.39 Å². The molecule has 1 amide bonds. The van der Waals surface area contributed by atoms with Gasteiger partial charge in [0.2, 0.25) is 0 Å². The summed E-state index contributed by atoms with van der Waals surface area (Å²) in [4.78, 5) is 16.9. The Kier molecular flexibility index (Phi) is 5.02. The van der Waals surface area contributed by atoms with E-state index in [-0.39, 0.29) is 11.7 Å². The van der Waals surface area contributed by atoms with Crippen molar-refractivity contribution in [3.8, 4) is 0 Å². The number of piperazine rings is 1. The van der Waals surface area contributed by atoms with Crippen molar-refractivity contribution < 1.29 is 9.18 Å². The number of amides is 1. The normalized spacial score (nSPS) is 15.4. The Labute approximate surface area is 145 Å². The van der Waals surface area contributed by atoms with Crippen LogP contribution in [0.4, 0.5) is 15.8 Å². The predicted octanol–water partition coefficient (Wildman–Crippen LogP) is 3.48. The van der Waals surface area contributed by atoms with Crippen molar-refractivity contribution in [1.29, 1.82) is 0 Å². The molecule has 0 aromatic heterocycles. The molecule has 4 nitrogen and oxygen atoms in total. The second-order valence-corrected chi connectivity index (χ2v) is 6.35. The molecule has 0 aliphatic carbocycles. The van der Waals surface area contributed by atoms with Gasteiger partial charge in [0.1, 0.15) is 5.82 Å². The lowest BCUT2D eigenvalue weighted by Crippen LogP contribution is -2.44. The van der Waals surface area contributed by atoms with Crippen molar-refractivity contribution in [3.05, 3.63) is 58.9 Å². The van der Waals surface area contributed by atoms with Crippen LogP contribution in [0.25, 0.3) is 0 Å². The fourth-order valence-corrected chi connectivity index (χ4v) is 2.90. The van der Waals surface area contributed by atoms with Crippen molar-refractivity contribution in [2.24, 2.45) is 0 Å². The lowest BCUT2D eigenvalue weighted by molar-refractivity contribution is 0.102. The molecule has 1 saturated heterocycles. The van der Waals surface area contributed by atoms with E-state index in [0.29, 0.717) is 16.3 Å². The van der Waals surface area contributed by atoms with Crippen LogP contribution in [-0.4, -0.2) is 44.0 Å². The Morgan fingerprint density at radius 3 is 2.42 bits per heavy atom. The summed E-state index contributed by atoms with van der Waals surface area (Å²) in [6, 6.07) is 11.0. The zero-order chi connectivity index (χ0) is 17.1. The molecule has 1 N–H and O–H groups in total. The van der Waals surface area contributed by atoms with Crippen LogP contribution in [0.2, 0.25) is 5.02 Å². The van der Waals surface area contributed by atoms with E-state index in [4.69, 9.17) is 11.6 Å². The van der Waals surface area contributed by atoms with Crippen LogP contribution in [0.1, 0.15) is 10.4 Å². The van der Waals surface area contributed by atoms with Gasteiger partial charge in [-0.2, -0.15) is 0 Å². The van der Waals surface area contributed by atoms with E-state index in [9.17, 15) is 9.18 Å². The molecule has 0 unspecified atom stereocenters. The Morgan fingerprint density at radius 1 is 1.08 bits per heavy atom. The van der Waals surface area contributed by atoms with Crippen molar-refractivity contribution in [1.82, 2.24) is 4.90 Å². The number of benzene rings is 2. The van der Waals surface area contributed by atoms with Gasteiger partial charge in [0.15, 0.2) is 0 Å². The summed E-state index contributed by atoms with van der Waals surface area (Å²) < 4.78 is 13.0. The van der Waals surface area contributed by atoms with E-state index in [1.54, 1.807) is 6.07 Å². The third-order valence-corrected chi connectivity index (χ3v) is 4.39. The monoisotopic (exact) mass is 347 g/mol. The molecule has 2 aromatic carbocycles. The molecule has 2 aromatic rings. The number of rotatable bonds is 3. The topological polar surface area (TPSA) is 35.6 Å². The molecule has 126 valence electrons. The van der Waals surface area contributed by atoms with Crippen molar-refractivity contribution >= 4 is 28.9 Å². The predicted molar refractivity (Wildman–Crippen MR) is 95.5 cm³/mol. The number of carbonyl (C=O) groups is 1. The van der Waals surface area contributed by atoms with E-state index < -0.39 is 0 Å². The van der Waals surface area contributed by atoms with Gasteiger partial charge < -0.3 is 15.1 Å². The number of likely N-dealkylation sites (N-methyl/N-ethyl adjacent to an activating group) is 1. The minimum Gasteiger partial charge on any atom is -0.367 e. The molecule has 1 fully saturated rings. The molecule has 3 rings (SSSR count). The Hall–Kier alpha value is -2.11. The fraction of sp³-hybridized carbons (Fsp3) is 0.278. The highest BCUT2D eigenvalue weighted by atomic mass is 35.5. The summed E-state index contributed by atoms with van der Waals surface area (Å²) in [6.07, 6.45) is 0. The first-order valence-corrected chi connectivity index (χ1v) is 8.21. The van der Waals surface area contributed by atoms with Crippen molar-refractivity contribution in [2.75, 3.05) is 43.4 Å². The maximum absolute atomic E-state index is 13.0. The van der Waals surface area contributed by atoms with Gasteiger partial charge in [0, 0.05) is 36.8 Å². The molecule has 1 aliphatic heterocycles. The number of hydrogen-bond acceptors (Lipinski definition) is 3. The molecular formula is C18H19ClFN3O. The van der Waals surface area contributed by atoms with Gasteiger partial charge in [-0.05, 0) is 49.5 Å². The number of hydrogen-bond donors (Lipinski definition) is 1. The Balaban J connectivity index is 1.82. The van der Waals surface area contributed by atoms with Crippen LogP contribution < -0.4 is 10.2 Å². The number of anilines is 2. The SMILES string of the molecule is CN1CCN(c2ccc(Cl)cc2NC(=O)c2ccc(F)cc2)CC1. The van der Waals surface area contributed by atoms with E-state index >= 15 is 0 Å². The second-order valence-electron chi connectivity index (χ2n) is 5.91. The highest BCUT2D eigenvalue weighted by Gasteiger charge is 2.18. The first-order chi connectivity index (χ1) is 11.5. The van der Waals surface area contributed by atoms with Crippen LogP contribution >= 0.6 is 11.6 Å². The van der Waals surface area contributed by atoms with Gasteiger partial charge in [-0.1, -0.05) is 11.6 Å². The third kappa shape index (κ3) is 3.86. The molecule has 1 heterocycles. The minimum absolute atomic E-state index is 0.285. The summed E-state index contributed by atoms with van der Waals surface area (Å²) in [5.41, 5.74) is 2.02. The maximum Gasteiger partial charge on any atom is 0.255 e. The summed E-state index contributed by atoms with van der Waals surface area (Å²) in [5.74, 6) is -0.653. The van der Waals surface area contributed by atoms with Crippen LogP contribution in [0, 0.1) is 5.82 Å². The van der Waals surface area contributed by atoms with Gasteiger partial charge in [0.05, 0.1) is 11.4 Å². The third-order valence-electron chi connectivity index (χ3n) is 4.16. The molecular weight excluding hydrogens is 329 g/mol. The zero-order valence-electron chi connectivity index (χ0n) is 13.4. The molecule has 24 heavy (non-hydrogen) atoms. The summed E-state index contributed by atoms with van der Waals surface area (Å²) in [6.45, 7) is 3.71. The molecule has 0 atom stereocenters. The number of halogens is 2. The molecule has 1 aliphatic rings. The Morgan fingerprint density at radius 2 is 1.75 bits per heavy atom. The van der Waals surface area contributed by atoms with Crippen molar-refractivity contribution in [3.63, 3.8) is 0 Å². The molecule has 0 saturated carbocycles. The highest BCUT2D eigenvalue weighted by molar-refractivity contribution is 6.31. The molecule has 6 heteroatoms. The van der Waals surface area contributed by atoms with E-state index in [1.165, 1.54) is 24.3 Å².